The smallest absolute Gasteiger partial charge is 0.249 e. The molecule has 4 nitrogen and oxygen atoms in total. The van der Waals surface area contributed by atoms with E-state index in [0.717, 1.165) is 5.01 Å². The van der Waals surface area contributed by atoms with Crippen LogP contribution in [0.3, 0.4) is 0 Å². The van der Waals surface area contributed by atoms with Gasteiger partial charge < -0.3 is 0 Å². The summed E-state index contributed by atoms with van der Waals surface area (Å²) >= 11 is 1.38. The van der Waals surface area contributed by atoms with Crippen LogP contribution in [0.1, 0.15) is 24.8 Å². The van der Waals surface area contributed by atoms with Crippen LogP contribution in [0.15, 0.2) is 12.7 Å². The molecular formula is C8H11N3OS. The second kappa shape index (κ2) is 4.13. The van der Waals surface area contributed by atoms with Crippen molar-refractivity contribution >= 4 is 22.4 Å². The molecule has 0 spiro atoms. The maximum Gasteiger partial charge on any atom is 0.249 e. The normalized spacial score (nSPS) is 10.1. The highest BCUT2D eigenvalue weighted by atomic mass is 32.1. The number of aromatic nitrogens is 2. The third kappa shape index (κ3) is 2.62. The molecule has 1 amide bonds. The Morgan fingerprint density at radius 2 is 2.31 bits per heavy atom. The molecule has 5 heteroatoms. The van der Waals surface area contributed by atoms with Gasteiger partial charge in [-0.1, -0.05) is 31.8 Å². The Bertz CT molecular complexity index is 319. The molecule has 0 unspecified atom stereocenters. The van der Waals surface area contributed by atoms with Gasteiger partial charge in [0.05, 0.1) is 0 Å². The minimum absolute atomic E-state index is 0.258. The maximum atomic E-state index is 10.9. The Morgan fingerprint density at radius 3 is 2.77 bits per heavy atom. The van der Waals surface area contributed by atoms with E-state index in [1.807, 2.05) is 13.8 Å². The molecule has 0 aliphatic carbocycles. The van der Waals surface area contributed by atoms with Crippen LogP contribution in [0.2, 0.25) is 0 Å². The van der Waals surface area contributed by atoms with Crippen LogP contribution in [0.25, 0.3) is 0 Å². The first-order valence-corrected chi connectivity index (χ1v) is 4.72. The molecule has 1 aromatic rings. The van der Waals surface area contributed by atoms with E-state index in [1.54, 1.807) is 0 Å². The Labute approximate surface area is 80.7 Å². The van der Waals surface area contributed by atoms with Crippen LogP contribution in [-0.4, -0.2) is 16.1 Å². The molecule has 0 radical (unpaired) electrons. The highest BCUT2D eigenvalue weighted by Crippen LogP contribution is 2.22. The van der Waals surface area contributed by atoms with Crippen LogP contribution < -0.4 is 5.32 Å². The predicted molar refractivity (Wildman–Crippen MR) is 52.8 cm³/mol. The van der Waals surface area contributed by atoms with E-state index in [-0.39, 0.29) is 5.91 Å². The van der Waals surface area contributed by atoms with Gasteiger partial charge in [-0.15, -0.1) is 10.2 Å². The number of rotatable bonds is 3. The minimum Gasteiger partial charge on any atom is -0.297 e. The van der Waals surface area contributed by atoms with E-state index < -0.39 is 0 Å². The molecule has 70 valence electrons. The lowest BCUT2D eigenvalue weighted by Crippen LogP contribution is -2.06. The van der Waals surface area contributed by atoms with Gasteiger partial charge in [0.25, 0.3) is 0 Å². The Morgan fingerprint density at radius 1 is 1.62 bits per heavy atom. The summed E-state index contributed by atoms with van der Waals surface area (Å²) in [6, 6.07) is 0. The van der Waals surface area contributed by atoms with Gasteiger partial charge >= 0.3 is 0 Å². The quantitative estimate of drug-likeness (QED) is 0.751. The van der Waals surface area contributed by atoms with Gasteiger partial charge in [0.15, 0.2) is 0 Å². The van der Waals surface area contributed by atoms with Crippen molar-refractivity contribution in [2.75, 3.05) is 5.32 Å². The molecule has 0 atom stereocenters. The van der Waals surface area contributed by atoms with Gasteiger partial charge in [-0.2, -0.15) is 0 Å². The second-order valence-electron chi connectivity index (χ2n) is 2.79. The standard InChI is InChI=1S/C8H11N3OS/c1-4-6(12)9-8-11-10-7(13-8)5(2)3/h4-5H,1H2,2-3H3,(H,9,11,12). The predicted octanol–water partition coefficient (Wildman–Crippen LogP) is 1.79. The van der Waals surface area contributed by atoms with E-state index in [1.165, 1.54) is 17.4 Å². The summed E-state index contributed by atoms with van der Waals surface area (Å²) in [6.07, 6.45) is 1.20. The van der Waals surface area contributed by atoms with Crippen molar-refractivity contribution in [3.05, 3.63) is 17.7 Å². The van der Waals surface area contributed by atoms with Crippen LogP contribution in [0.4, 0.5) is 5.13 Å². The number of nitrogens with one attached hydrogen (secondary N) is 1. The summed E-state index contributed by atoms with van der Waals surface area (Å²) in [5.41, 5.74) is 0. The zero-order valence-corrected chi connectivity index (χ0v) is 8.39. The molecule has 1 rings (SSSR count). The first-order valence-electron chi connectivity index (χ1n) is 3.90. The summed E-state index contributed by atoms with van der Waals surface area (Å²) < 4.78 is 0. The Hall–Kier alpha value is -1.23. The lowest BCUT2D eigenvalue weighted by molar-refractivity contribution is -0.111. The molecule has 0 aliphatic heterocycles. The topological polar surface area (TPSA) is 54.9 Å². The Kier molecular flexibility index (Phi) is 3.13. The first kappa shape index (κ1) is 9.85. The molecular weight excluding hydrogens is 186 g/mol. The average molecular weight is 197 g/mol. The van der Waals surface area contributed by atoms with E-state index in [4.69, 9.17) is 0 Å². The van der Waals surface area contributed by atoms with E-state index in [0.29, 0.717) is 11.0 Å². The van der Waals surface area contributed by atoms with Crippen LogP contribution in [0.5, 0.6) is 0 Å². The fourth-order valence-electron chi connectivity index (χ4n) is 0.675. The van der Waals surface area contributed by atoms with Crippen molar-refractivity contribution < 1.29 is 4.79 Å². The van der Waals surface area contributed by atoms with Gasteiger partial charge in [0.1, 0.15) is 5.01 Å². The highest BCUT2D eigenvalue weighted by molar-refractivity contribution is 7.15. The lowest BCUT2D eigenvalue weighted by atomic mass is 10.2. The summed E-state index contributed by atoms with van der Waals surface area (Å²) in [4.78, 5) is 10.9. The van der Waals surface area contributed by atoms with Gasteiger partial charge in [0, 0.05) is 5.92 Å². The molecule has 1 N–H and O–H groups in total. The van der Waals surface area contributed by atoms with Crippen molar-refractivity contribution in [2.24, 2.45) is 0 Å². The van der Waals surface area contributed by atoms with Crippen molar-refractivity contribution in [2.45, 2.75) is 19.8 Å². The number of carbonyl (C=O) groups is 1. The zero-order valence-electron chi connectivity index (χ0n) is 7.57. The van der Waals surface area contributed by atoms with Gasteiger partial charge in [-0.25, -0.2) is 0 Å². The van der Waals surface area contributed by atoms with Gasteiger partial charge in [-0.05, 0) is 6.08 Å². The molecule has 0 fully saturated rings. The average Bonchev–Trinajstić information content (AvgIpc) is 2.52. The van der Waals surface area contributed by atoms with Crippen molar-refractivity contribution in [1.82, 2.24) is 10.2 Å². The molecule has 13 heavy (non-hydrogen) atoms. The number of amides is 1. The van der Waals surface area contributed by atoms with Crippen LogP contribution >= 0.6 is 11.3 Å². The highest BCUT2D eigenvalue weighted by Gasteiger charge is 2.08. The molecule has 0 saturated carbocycles. The largest absolute Gasteiger partial charge is 0.297 e. The number of carbonyl (C=O) groups excluding carboxylic acids is 1. The first-order chi connectivity index (χ1) is 6.13. The molecule has 1 heterocycles. The van der Waals surface area contributed by atoms with Crippen molar-refractivity contribution in [1.29, 1.82) is 0 Å². The van der Waals surface area contributed by atoms with E-state index in [2.05, 4.69) is 22.1 Å². The molecule has 1 aromatic heterocycles. The maximum absolute atomic E-state index is 10.9. The van der Waals surface area contributed by atoms with Crippen LogP contribution in [0, 0.1) is 0 Å². The van der Waals surface area contributed by atoms with E-state index >= 15 is 0 Å². The number of anilines is 1. The molecule has 0 aromatic carbocycles. The third-order valence-corrected chi connectivity index (χ3v) is 2.49. The molecule has 0 aliphatic rings. The van der Waals surface area contributed by atoms with Crippen molar-refractivity contribution in [3.63, 3.8) is 0 Å². The van der Waals surface area contributed by atoms with Gasteiger partial charge in [0.2, 0.25) is 11.0 Å². The number of hydrogen-bond acceptors (Lipinski definition) is 4. The van der Waals surface area contributed by atoms with E-state index in [9.17, 15) is 4.79 Å². The summed E-state index contributed by atoms with van der Waals surface area (Å²) in [6.45, 7) is 7.40. The molecule has 0 saturated heterocycles. The fourth-order valence-corrected chi connectivity index (χ4v) is 1.42. The fraction of sp³-hybridized carbons (Fsp3) is 0.375. The third-order valence-electron chi connectivity index (χ3n) is 1.35. The molecule has 0 bridgehead atoms. The SMILES string of the molecule is C=CC(=O)Nc1nnc(C(C)C)s1. The summed E-state index contributed by atoms with van der Waals surface area (Å²) in [7, 11) is 0. The zero-order chi connectivity index (χ0) is 9.84. The summed E-state index contributed by atoms with van der Waals surface area (Å²) in [5.74, 6) is 0.0818. The summed E-state index contributed by atoms with van der Waals surface area (Å²) in [5, 5.41) is 11.7. The number of hydrogen-bond donors (Lipinski definition) is 1. The monoisotopic (exact) mass is 197 g/mol. The van der Waals surface area contributed by atoms with Crippen molar-refractivity contribution in [3.8, 4) is 0 Å². The minimum atomic E-state index is -0.258. The lowest BCUT2D eigenvalue weighted by Gasteiger charge is -1.94. The van der Waals surface area contributed by atoms with Crippen LogP contribution in [-0.2, 0) is 4.79 Å². The van der Waals surface area contributed by atoms with Gasteiger partial charge in [-0.3, -0.25) is 10.1 Å². The number of nitrogens with zero attached hydrogens (tertiary/aromatic N) is 2. The Balaban J connectivity index is 2.69. The second-order valence-corrected chi connectivity index (χ2v) is 3.80.